The highest BCUT2D eigenvalue weighted by molar-refractivity contribution is 5.87. The number of halogens is 1. The van der Waals surface area contributed by atoms with E-state index in [9.17, 15) is 14.9 Å². The van der Waals surface area contributed by atoms with Crippen molar-refractivity contribution in [2.75, 3.05) is 13.2 Å². The highest BCUT2D eigenvalue weighted by atomic mass is 19.1. The van der Waals surface area contributed by atoms with Crippen LogP contribution in [0, 0.1) is 29.0 Å². The number of rotatable bonds is 7. The number of nitrogens with one attached hydrogen (secondary N) is 1. The predicted octanol–water partition coefficient (Wildman–Crippen LogP) is 4.06. The molecule has 5 unspecified atom stereocenters. The zero-order valence-electron chi connectivity index (χ0n) is 22.7. The topological polar surface area (TPSA) is 109 Å². The molecule has 2 saturated heterocycles. The number of hydrogen-bond donors (Lipinski definition) is 1. The molecule has 9 nitrogen and oxygen atoms in total. The van der Waals surface area contributed by atoms with E-state index < -0.39 is 35.5 Å². The summed E-state index contributed by atoms with van der Waals surface area (Å²) < 4.78 is 28.0. The molecule has 0 radical (unpaired) electrons. The fourth-order valence-corrected chi connectivity index (χ4v) is 6.01. The van der Waals surface area contributed by atoms with Crippen LogP contribution < -0.4 is 5.32 Å². The third kappa shape index (κ3) is 6.09. The predicted molar refractivity (Wildman–Crippen MR) is 141 cm³/mol. The van der Waals surface area contributed by atoms with Crippen LogP contribution in [0.25, 0.3) is 11.1 Å². The van der Waals surface area contributed by atoms with Crippen molar-refractivity contribution < 1.29 is 23.5 Å². The number of benzene rings is 1. The summed E-state index contributed by atoms with van der Waals surface area (Å²) in [6.45, 7) is 7.64. The van der Waals surface area contributed by atoms with Gasteiger partial charge in [0.15, 0.2) is 0 Å². The van der Waals surface area contributed by atoms with Crippen LogP contribution in [0.3, 0.4) is 0 Å². The minimum atomic E-state index is -0.936. The highest BCUT2D eigenvalue weighted by Crippen LogP contribution is 2.43. The molecule has 1 aromatic carbocycles. The average molecular weight is 538 g/mol. The van der Waals surface area contributed by atoms with Crippen molar-refractivity contribution in [3.05, 3.63) is 42.0 Å². The molecule has 2 aromatic rings. The first-order valence-electron chi connectivity index (χ1n) is 13.7. The molecule has 2 bridgehead atoms. The molecule has 5 atom stereocenters. The van der Waals surface area contributed by atoms with Gasteiger partial charge in [0, 0.05) is 43.3 Å². The number of carbonyl (C=O) groups excluding carboxylic acids is 2. The van der Waals surface area contributed by atoms with E-state index >= 15 is 4.39 Å². The Hall–Kier alpha value is -3.45. The molecule has 208 valence electrons. The Morgan fingerprint density at radius 2 is 2.10 bits per heavy atom. The molecule has 1 aliphatic carbocycles. The van der Waals surface area contributed by atoms with Crippen molar-refractivity contribution in [1.29, 1.82) is 5.26 Å². The third-order valence-corrected chi connectivity index (χ3v) is 7.84. The molecular weight excluding hydrogens is 501 g/mol. The second kappa shape index (κ2) is 11.0. The van der Waals surface area contributed by atoms with Gasteiger partial charge in [0.2, 0.25) is 5.91 Å². The van der Waals surface area contributed by atoms with Gasteiger partial charge in [-0.15, -0.1) is 0 Å². The van der Waals surface area contributed by atoms with Crippen LogP contribution in [0.1, 0.15) is 52.0 Å². The number of fused-ring (bicyclic) bond motifs is 2. The van der Waals surface area contributed by atoms with E-state index in [1.165, 1.54) is 6.07 Å². The van der Waals surface area contributed by atoms with E-state index in [2.05, 4.69) is 16.5 Å². The number of nitrogens with zero attached hydrogens (tertiary/aromatic N) is 4. The van der Waals surface area contributed by atoms with Crippen molar-refractivity contribution in [3.8, 4) is 17.2 Å². The SMILES string of the molecule is CC(C)(C)OC(=O)N1C2CCC(C2)C1C(=O)NC(C#N)Cc1ccc(-c2cnn(CC3CCOC3)c2)cc1F. The molecule has 3 aliphatic rings. The van der Waals surface area contributed by atoms with E-state index in [0.29, 0.717) is 17.0 Å². The monoisotopic (exact) mass is 537 g/mol. The largest absolute Gasteiger partial charge is 0.444 e. The normalized spacial score (nSPS) is 24.9. The van der Waals surface area contributed by atoms with Crippen LogP contribution in [-0.2, 0) is 27.2 Å². The summed E-state index contributed by atoms with van der Waals surface area (Å²) in [6.07, 6.45) is 6.56. The summed E-state index contributed by atoms with van der Waals surface area (Å²) in [5.41, 5.74) is 1.15. The first-order chi connectivity index (χ1) is 18.6. The number of amides is 2. The van der Waals surface area contributed by atoms with Gasteiger partial charge in [0.1, 0.15) is 23.5 Å². The zero-order chi connectivity index (χ0) is 27.7. The van der Waals surface area contributed by atoms with Crippen molar-refractivity contribution in [2.24, 2.45) is 11.8 Å². The molecule has 1 saturated carbocycles. The number of aromatic nitrogens is 2. The summed E-state index contributed by atoms with van der Waals surface area (Å²) in [4.78, 5) is 27.7. The Labute approximate surface area is 228 Å². The number of likely N-dealkylation sites (tertiary alicyclic amines) is 1. The Bertz CT molecular complexity index is 1260. The summed E-state index contributed by atoms with van der Waals surface area (Å²) in [5.74, 6) is -0.378. The number of nitriles is 1. The number of ether oxygens (including phenoxy) is 2. The minimum Gasteiger partial charge on any atom is -0.444 e. The van der Waals surface area contributed by atoms with Gasteiger partial charge < -0.3 is 14.8 Å². The lowest BCUT2D eigenvalue weighted by Gasteiger charge is -2.35. The van der Waals surface area contributed by atoms with Gasteiger partial charge in [-0.1, -0.05) is 12.1 Å². The van der Waals surface area contributed by atoms with Gasteiger partial charge in [-0.25, -0.2) is 9.18 Å². The summed E-state index contributed by atoms with van der Waals surface area (Å²) in [7, 11) is 0. The Morgan fingerprint density at radius 3 is 2.79 bits per heavy atom. The molecule has 5 rings (SSSR count). The summed E-state index contributed by atoms with van der Waals surface area (Å²) in [6, 6.07) is 5.31. The average Bonchev–Trinajstić information content (AvgIpc) is 3.68. The van der Waals surface area contributed by atoms with E-state index in [0.717, 1.165) is 51.0 Å². The molecule has 3 fully saturated rings. The second-order valence-electron chi connectivity index (χ2n) is 11.9. The lowest BCUT2D eigenvalue weighted by molar-refractivity contribution is -0.128. The molecule has 2 amide bonds. The van der Waals surface area contributed by atoms with Crippen LogP contribution in [0.2, 0.25) is 0 Å². The molecule has 3 heterocycles. The van der Waals surface area contributed by atoms with Crippen LogP contribution >= 0.6 is 0 Å². The second-order valence-corrected chi connectivity index (χ2v) is 11.9. The molecule has 1 aromatic heterocycles. The first kappa shape index (κ1) is 27.1. The number of piperidine rings is 1. The zero-order valence-corrected chi connectivity index (χ0v) is 22.7. The molecule has 10 heteroatoms. The van der Waals surface area contributed by atoms with Crippen LogP contribution in [0.4, 0.5) is 9.18 Å². The van der Waals surface area contributed by atoms with E-state index in [-0.39, 0.29) is 18.4 Å². The maximum absolute atomic E-state index is 15.1. The van der Waals surface area contributed by atoms with E-state index in [1.54, 1.807) is 44.0 Å². The van der Waals surface area contributed by atoms with Crippen molar-refractivity contribution >= 4 is 12.0 Å². The van der Waals surface area contributed by atoms with Crippen LogP contribution in [0.5, 0.6) is 0 Å². The lowest BCUT2D eigenvalue weighted by Crippen LogP contribution is -2.55. The van der Waals surface area contributed by atoms with Gasteiger partial charge in [-0.3, -0.25) is 14.4 Å². The fraction of sp³-hybridized carbons (Fsp3) is 0.586. The van der Waals surface area contributed by atoms with Crippen molar-refractivity contribution in [2.45, 2.75) is 83.1 Å². The lowest BCUT2D eigenvalue weighted by atomic mass is 9.97. The standard InChI is InChI=1S/C29H36FN5O4/c1-29(2,3)39-28(37)35-24-7-6-21(11-24)26(35)27(36)33-23(13-31)10-20-5-4-19(12-25(20)30)22-14-32-34(16-22)15-18-8-9-38-17-18/h4-5,12,14,16,18,21,23-24,26H,6-11,15,17H2,1-3H3,(H,33,36). The van der Waals surface area contributed by atoms with Crippen molar-refractivity contribution in [1.82, 2.24) is 20.0 Å². The minimum absolute atomic E-state index is 0.0164. The van der Waals surface area contributed by atoms with Crippen molar-refractivity contribution in [3.63, 3.8) is 0 Å². The fourth-order valence-electron chi connectivity index (χ4n) is 6.01. The Morgan fingerprint density at radius 1 is 1.28 bits per heavy atom. The molecule has 2 aliphatic heterocycles. The maximum Gasteiger partial charge on any atom is 0.411 e. The Balaban J connectivity index is 1.23. The maximum atomic E-state index is 15.1. The van der Waals surface area contributed by atoms with Gasteiger partial charge in [-0.05, 0) is 69.6 Å². The van der Waals surface area contributed by atoms with Crippen LogP contribution in [0.15, 0.2) is 30.6 Å². The molecular formula is C29H36FN5O4. The Kier molecular flexibility index (Phi) is 7.63. The quantitative estimate of drug-likeness (QED) is 0.570. The summed E-state index contributed by atoms with van der Waals surface area (Å²) >= 11 is 0. The number of hydrogen-bond acceptors (Lipinski definition) is 6. The van der Waals surface area contributed by atoms with E-state index in [1.807, 2.05) is 10.9 Å². The first-order valence-corrected chi connectivity index (χ1v) is 13.7. The van der Waals surface area contributed by atoms with Crippen LogP contribution in [-0.4, -0.2) is 63.6 Å². The van der Waals surface area contributed by atoms with Gasteiger partial charge >= 0.3 is 6.09 Å². The molecule has 39 heavy (non-hydrogen) atoms. The highest BCUT2D eigenvalue weighted by Gasteiger charge is 2.52. The number of carbonyl (C=O) groups is 2. The van der Waals surface area contributed by atoms with E-state index in [4.69, 9.17) is 9.47 Å². The molecule has 1 N–H and O–H groups in total. The van der Waals surface area contributed by atoms with Gasteiger partial charge in [-0.2, -0.15) is 10.4 Å². The third-order valence-electron chi connectivity index (χ3n) is 7.84. The summed E-state index contributed by atoms with van der Waals surface area (Å²) in [5, 5.41) is 16.9. The van der Waals surface area contributed by atoms with Gasteiger partial charge in [0.25, 0.3) is 0 Å². The van der Waals surface area contributed by atoms with Gasteiger partial charge in [0.05, 0.1) is 18.9 Å². The smallest absolute Gasteiger partial charge is 0.411 e. The molecule has 0 spiro atoms.